The fourth-order valence-electron chi connectivity index (χ4n) is 4.45. The Morgan fingerprint density at radius 3 is 2.02 bits per heavy atom. The minimum atomic E-state index is -3.76. The lowest BCUT2D eigenvalue weighted by atomic mass is 9.99. The number of thioether (sulfide) groups is 2. The third-order valence-corrected chi connectivity index (χ3v) is 11.3. The second-order valence-electron chi connectivity index (χ2n) is 13.2. The van der Waals surface area contributed by atoms with Crippen LogP contribution in [0.15, 0.2) is 11.0 Å². The summed E-state index contributed by atoms with van der Waals surface area (Å²) in [7, 11) is -3.76. The van der Waals surface area contributed by atoms with Crippen molar-refractivity contribution in [1.29, 1.82) is 0 Å². The number of carbonyl (C=O) groups is 3. The predicted octanol–water partition coefficient (Wildman–Crippen LogP) is 4.64. The van der Waals surface area contributed by atoms with Gasteiger partial charge in [-0.1, -0.05) is 76.7 Å². The monoisotopic (exact) mass is 711 g/mol. The minimum Gasteiger partial charge on any atom is -0.364 e. The van der Waals surface area contributed by atoms with Crippen molar-refractivity contribution in [3.8, 4) is 0 Å². The van der Waals surface area contributed by atoms with E-state index >= 15 is 0 Å². The van der Waals surface area contributed by atoms with Crippen LogP contribution < -0.4 is 11.3 Å². The number of ether oxygens (including phenoxy) is 3. The van der Waals surface area contributed by atoms with Crippen LogP contribution in [0.25, 0.3) is 0 Å². The van der Waals surface area contributed by atoms with Crippen LogP contribution in [0.4, 0.5) is 0 Å². The molecule has 0 spiro atoms. The van der Waals surface area contributed by atoms with E-state index in [0.717, 1.165) is 28.1 Å². The maximum atomic E-state index is 13.9. The Bertz CT molecular complexity index is 1340. The molecule has 254 valence electrons. The molecular formula is C28H43ClN3O10PS2. The van der Waals surface area contributed by atoms with Crippen molar-refractivity contribution in [1.82, 2.24) is 9.55 Å². The van der Waals surface area contributed by atoms with Crippen molar-refractivity contribution in [3.63, 3.8) is 0 Å². The molecular weight excluding hydrogens is 669 g/mol. The molecule has 0 unspecified atom stereocenters. The van der Waals surface area contributed by atoms with Gasteiger partial charge in [-0.2, -0.15) is 0 Å². The van der Waals surface area contributed by atoms with E-state index in [2.05, 4.69) is 4.98 Å². The number of carbonyl (C=O) groups excluding carboxylic acids is 3. The summed E-state index contributed by atoms with van der Waals surface area (Å²) in [6.45, 7) is 14.3. The maximum Gasteiger partial charge on any atom is 0.330 e. The molecule has 0 bridgehead atoms. The Morgan fingerprint density at radius 2 is 1.53 bits per heavy atom. The van der Waals surface area contributed by atoms with Gasteiger partial charge in [-0.15, -0.1) is 0 Å². The van der Waals surface area contributed by atoms with Crippen LogP contribution in [0, 0.1) is 10.8 Å². The molecule has 2 saturated heterocycles. The molecule has 3 heterocycles. The van der Waals surface area contributed by atoms with Crippen LogP contribution in [0.2, 0.25) is 5.15 Å². The Hall–Kier alpha value is -1.29. The fraction of sp³-hybridized carbons (Fsp3) is 0.750. The molecule has 0 aliphatic carbocycles. The standard InChI is InChI=1S/C28H43ClN3O10PS2/c1-26(2,3)24(35)44-13-10-38-43(37,39-11-14-45-25(36)27(4,5)6)12-9-16-19-20(42-28(7,8)41-19)23(40-16)32-15-17(29)31-18(21(30)33)22(32)34/h15-16,19-20,23H,9-14H2,1-8H3,(H2,30,33)/t16-,19-,20-,23-/m1/s1. The number of nitrogens with zero attached hydrogens (tertiary/aromatic N) is 2. The summed E-state index contributed by atoms with van der Waals surface area (Å²) in [5.41, 5.74) is 2.89. The molecule has 13 nitrogen and oxygen atoms in total. The lowest BCUT2D eigenvalue weighted by molar-refractivity contribution is -0.197. The Balaban J connectivity index is 1.76. The molecule has 2 fully saturated rings. The van der Waals surface area contributed by atoms with Crippen molar-refractivity contribution >= 4 is 58.9 Å². The number of hydrogen-bond acceptors (Lipinski definition) is 13. The average Bonchev–Trinajstić information content (AvgIpc) is 3.40. The molecule has 2 aliphatic heterocycles. The molecule has 17 heteroatoms. The number of aromatic nitrogens is 2. The summed E-state index contributed by atoms with van der Waals surface area (Å²) in [5, 5.41) is -0.202. The number of hydrogen-bond donors (Lipinski definition) is 1. The highest BCUT2D eigenvalue weighted by molar-refractivity contribution is 8.14. The average molecular weight is 712 g/mol. The first-order valence-corrected chi connectivity index (χ1v) is 18.5. The lowest BCUT2D eigenvalue weighted by Gasteiger charge is -2.26. The molecule has 2 N–H and O–H groups in total. The van der Waals surface area contributed by atoms with E-state index in [1.807, 2.05) is 41.5 Å². The molecule has 3 rings (SSSR count). The SMILES string of the molecule is CC1(C)O[C@@H]2[C@H](O1)[C@@H](CCP(=O)(OCCSC(=O)C(C)(C)C)OCCSC(=O)C(C)(C)C)O[C@H]2n1cc(Cl)nc(C(N)=O)c1=O. The summed E-state index contributed by atoms with van der Waals surface area (Å²) in [6.07, 6.45) is -2.02. The van der Waals surface area contributed by atoms with Gasteiger partial charge in [0, 0.05) is 28.5 Å². The molecule has 45 heavy (non-hydrogen) atoms. The van der Waals surface area contributed by atoms with E-state index in [-0.39, 0.29) is 52.7 Å². The number of nitrogens with two attached hydrogens (primary N) is 1. The third kappa shape index (κ3) is 10.3. The summed E-state index contributed by atoms with van der Waals surface area (Å²) >= 11 is 8.26. The summed E-state index contributed by atoms with van der Waals surface area (Å²) in [5.74, 6) is -1.54. The number of amides is 1. The first-order valence-electron chi connectivity index (χ1n) is 14.5. The van der Waals surface area contributed by atoms with E-state index in [4.69, 9.17) is 40.6 Å². The minimum absolute atomic E-state index is 0.00846. The van der Waals surface area contributed by atoms with Crippen LogP contribution in [-0.2, 0) is 37.4 Å². The summed E-state index contributed by atoms with van der Waals surface area (Å²) in [6, 6.07) is 0. The second-order valence-corrected chi connectivity index (χ2v) is 17.9. The summed E-state index contributed by atoms with van der Waals surface area (Å²) in [4.78, 5) is 53.3. The first kappa shape index (κ1) is 38.2. The largest absolute Gasteiger partial charge is 0.364 e. The van der Waals surface area contributed by atoms with Crippen molar-refractivity contribution in [2.24, 2.45) is 16.6 Å². The number of fused-ring (bicyclic) bond motifs is 1. The molecule has 1 amide bonds. The van der Waals surface area contributed by atoms with E-state index in [9.17, 15) is 23.7 Å². The van der Waals surface area contributed by atoms with Gasteiger partial charge in [0.2, 0.25) is 0 Å². The van der Waals surface area contributed by atoms with Crippen LogP contribution >= 0.6 is 42.7 Å². The zero-order valence-electron chi connectivity index (χ0n) is 26.8. The molecule has 4 atom stereocenters. The van der Waals surface area contributed by atoms with E-state index < -0.39 is 65.9 Å². The lowest BCUT2D eigenvalue weighted by Crippen LogP contribution is -2.37. The van der Waals surface area contributed by atoms with Gasteiger partial charge in [0.25, 0.3) is 11.5 Å². The van der Waals surface area contributed by atoms with Crippen molar-refractivity contribution in [2.75, 3.05) is 30.9 Å². The normalized spacial score (nSPS) is 23.2. The van der Waals surface area contributed by atoms with Gasteiger partial charge in [-0.25, -0.2) is 4.98 Å². The first-order chi connectivity index (χ1) is 20.6. The molecule has 2 aliphatic rings. The highest BCUT2D eigenvalue weighted by Crippen LogP contribution is 2.51. The van der Waals surface area contributed by atoms with Gasteiger partial charge in [0.05, 0.1) is 25.5 Å². The van der Waals surface area contributed by atoms with Gasteiger partial charge in [-0.3, -0.25) is 28.3 Å². The molecule has 0 radical (unpaired) electrons. The Morgan fingerprint density at radius 1 is 1.02 bits per heavy atom. The van der Waals surface area contributed by atoms with Crippen LogP contribution in [0.5, 0.6) is 0 Å². The molecule has 0 saturated carbocycles. The van der Waals surface area contributed by atoms with Crippen LogP contribution in [0.3, 0.4) is 0 Å². The summed E-state index contributed by atoms with van der Waals surface area (Å²) < 4.78 is 45.0. The molecule has 1 aromatic heterocycles. The topological polar surface area (TPSA) is 175 Å². The predicted molar refractivity (Wildman–Crippen MR) is 173 cm³/mol. The smallest absolute Gasteiger partial charge is 0.330 e. The van der Waals surface area contributed by atoms with Crippen molar-refractivity contribution in [3.05, 3.63) is 27.4 Å². The van der Waals surface area contributed by atoms with Gasteiger partial charge >= 0.3 is 7.60 Å². The number of halogens is 1. The van der Waals surface area contributed by atoms with E-state index in [1.54, 1.807) is 13.8 Å². The third-order valence-electron chi connectivity index (χ3n) is 6.66. The van der Waals surface area contributed by atoms with Crippen molar-refractivity contribution in [2.45, 2.75) is 92.1 Å². The second kappa shape index (κ2) is 14.9. The van der Waals surface area contributed by atoms with E-state index in [0.29, 0.717) is 0 Å². The Kier molecular flexibility index (Phi) is 12.6. The zero-order chi connectivity index (χ0) is 34.0. The highest BCUT2D eigenvalue weighted by Gasteiger charge is 2.56. The number of rotatable bonds is 13. The van der Waals surface area contributed by atoms with E-state index in [1.165, 1.54) is 6.20 Å². The highest BCUT2D eigenvalue weighted by atomic mass is 35.5. The van der Waals surface area contributed by atoms with Gasteiger partial charge in [0.1, 0.15) is 17.4 Å². The molecule has 0 aromatic carbocycles. The zero-order valence-corrected chi connectivity index (χ0v) is 30.1. The molecule has 1 aromatic rings. The van der Waals surface area contributed by atoms with Crippen LogP contribution in [0.1, 0.15) is 78.5 Å². The maximum absolute atomic E-state index is 13.9. The van der Waals surface area contributed by atoms with Crippen molar-refractivity contribution < 1.29 is 42.2 Å². The van der Waals surface area contributed by atoms with Gasteiger partial charge in [0.15, 0.2) is 27.9 Å². The van der Waals surface area contributed by atoms with Gasteiger partial charge < -0.3 is 29.0 Å². The van der Waals surface area contributed by atoms with Gasteiger partial charge in [-0.05, 0) is 20.3 Å². The Labute approximate surface area is 276 Å². The van der Waals surface area contributed by atoms with Crippen LogP contribution in [-0.4, -0.2) is 80.7 Å². The quantitative estimate of drug-likeness (QED) is 0.221. The fourth-order valence-corrected chi connectivity index (χ4v) is 8.10. The number of primary amides is 1.